The number of anilines is 1. The van der Waals surface area contributed by atoms with Gasteiger partial charge in [-0.2, -0.15) is 0 Å². The first-order valence-corrected chi connectivity index (χ1v) is 7.09. The van der Waals surface area contributed by atoms with E-state index in [1.807, 2.05) is 6.20 Å². The van der Waals surface area contributed by atoms with E-state index in [9.17, 15) is 4.79 Å². The second kappa shape index (κ2) is 4.58. The van der Waals surface area contributed by atoms with Gasteiger partial charge in [0.1, 0.15) is 0 Å². The number of carbonyl (C=O) groups is 1. The third kappa shape index (κ3) is 2.63. The van der Waals surface area contributed by atoms with Crippen LogP contribution in [-0.4, -0.2) is 23.3 Å². The minimum absolute atomic E-state index is 0.0879. The average Bonchev–Trinajstić information content (AvgIpc) is 2.82. The molecule has 1 fully saturated rings. The van der Waals surface area contributed by atoms with E-state index in [4.69, 9.17) is 11.6 Å². The molecule has 1 atom stereocenters. The van der Waals surface area contributed by atoms with Crippen LogP contribution in [-0.2, 0) is 10.2 Å². The molecule has 0 bridgehead atoms. The van der Waals surface area contributed by atoms with E-state index in [1.54, 1.807) is 16.2 Å². The molecule has 0 saturated carbocycles. The first kappa shape index (κ1) is 12.8. The minimum Gasteiger partial charge on any atom is -0.288 e. The SMILES string of the molecule is CC(C)(C)c1cnc(N2CC(CCl)CC2=O)s1. The van der Waals surface area contributed by atoms with Gasteiger partial charge in [0.25, 0.3) is 0 Å². The lowest BCUT2D eigenvalue weighted by Crippen LogP contribution is -2.24. The Labute approximate surface area is 111 Å². The zero-order chi connectivity index (χ0) is 12.6. The van der Waals surface area contributed by atoms with Crippen molar-refractivity contribution in [1.82, 2.24) is 4.98 Å². The van der Waals surface area contributed by atoms with Crippen LogP contribution in [0.2, 0.25) is 0 Å². The molecule has 1 saturated heterocycles. The molecule has 94 valence electrons. The third-order valence-electron chi connectivity index (χ3n) is 2.89. The molecule has 1 aromatic rings. The largest absolute Gasteiger partial charge is 0.288 e. The minimum atomic E-state index is 0.0879. The van der Waals surface area contributed by atoms with Crippen LogP contribution >= 0.6 is 22.9 Å². The van der Waals surface area contributed by atoms with Crippen molar-refractivity contribution in [2.24, 2.45) is 5.92 Å². The molecule has 1 amide bonds. The van der Waals surface area contributed by atoms with Gasteiger partial charge in [-0.15, -0.1) is 22.9 Å². The van der Waals surface area contributed by atoms with Gasteiger partial charge in [0.15, 0.2) is 5.13 Å². The van der Waals surface area contributed by atoms with Gasteiger partial charge < -0.3 is 0 Å². The molecular formula is C12H17ClN2OS. The lowest BCUT2D eigenvalue weighted by Gasteiger charge is -2.15. The van der Waals surface area contributed by atoms with Crippen LogP contribution in [0.4, 0.5) is 5.13 Å². The first-order valence-electron chi connectivity index (χ1n) is 5.74. The first-order chi connectivity index (χ1) is 7.91. The summed E-state index contributed by atoms with van der Waals surface area (Å²) in [4.78, 5) is 19.2. The summed E-state index contributed by atoms with van der Waals surface area (Å²) in [6.07, 6.45) is 2.43. The Morgan fingerprint density at radius 1 is 1.59 bits per heavy atom. The van der Waals surface area contributed by atoms with Crippen molar-refractivity contribution in [3.8, 4) is 0 Å². The molecule has 0 aromatic carbocycles. The molecule has 1 unspecified atom stereocenters. The molecular weight excluding hydrogens is 256 g/mol. The number of rotatable bonds is 2. The summed E-state index contributed by atoms with van der Waals surface area (Å²) in [5.41, 5.74) is 0.0879. The van der Waals surface area contributed by atoms with Gasteiger partial charge >= 0.3 is 0 Å². The Balaban J connectivity index is 2.19. The summed E-state index contributed by atoms with van der Waals surface area (Å²) in [6, 6.07) is 0. The van der Waals surface area contributed by atoms with E-state index in [-0.39, 0.29) is 17.2 Å². The fourth-order valence-corrected chi connectivity index (χ4v) is 3.01. The van der Waals surface area contributed by atoms with Crippen LogP contribution in [0, 0.1) is 5.92 Å². The predicted octanol–water partition coefficient (Wildman–Crippen LogP) is 3.03. The van der Waals surface area contributed by atoms with E-state index in [0.717, 1.165) is 5.13 Å². The van der Waals surface area contributed by atoms with Crippen molar-refractivity contribution in [3.05, 3.63) is 11.1 Å². The van der Waals surface area contributed by atoms with Gasteiger partial charge in [0.05, 0.1) is 0 Å². The second-order valence-corrected chi connectivity index (χ2v) is 6.80. The van der Waals surface area contributed by atoms with Crippen molar-refractivity contribution in [3.63, 3.8) is 0 Å². The highest BCUT2D eigenvalue weighted by molar-refractivity contribution is 7.15. The van der Waals surface area contributed by atoms with E-state index in [0.29, 0.717) is 18.8 Å². The summed E-state index contributed by atoms with van der Waals surface area (Å²) in [5.74, 6) is 0.955. The number of hydrogen-bond acceptors (Lipinski definition) is 3. The smallest absolute Gasteiger partial charge is 0.229 e. The fourth-order valence-electron chi connectivity index (χ4n) is 1.81. The van der Waals surface area contributed by atoms with Crippen LogP contribution in [0.15, 0.2) is 6.20 Å². The van der Waals surface area contributed by atoms with Gasteiger partial charge in [-0.05, 0) is 11.3 Å². The molecule has 17 heavy (non-hydrogen) atoms. The Morgan fingerprint density at radius 2 is 2.29 bits per heavy atom. The molecule has 2 heterocycles. The second-order valence-electron chi connectivity index (χ2n) is 5.49. The van der Waals surface area contributed by atoms with Gasteiger partial charge in [0.2, 0.25) is 5.91 Å². The van der Waals surface area contributed by atoms with Gasteiger partial charge in [-0.1, -0.05) is 20.8 Å². The van der Waals surface area contributed by atoms with Crippen LogP contribution < -0.4 is 4.90 Å². The summed E-state index contributed by atoms with van der Waals surface area (Å²) >= 11 is 7.41. The van der Waals surface area contributed by atoms with Crippen LogP contribution in [0.1, 0.15) is 32.1 Å². The van der Waals surface area contributed by atoms with Crippen LogP contribution in [0.25, 0.3) is 0 Å². The zero-order valence-corrected chi connectivity index (χ0v) is 11.9. The van der Waals surface area contributed by atoms with Crippen molar-refractivity contribution in [2.75, 3.05) is 17.3 Å². The number of aromatic nitrogens is 1. The van der Waals surface area contributed by atoms with Crippen LogP contribution in [0.3, 0.4) is 0 Å². The Hall–Kier alpha value is -0.610. The van der Waals surface area contributed by atoms with Gasteiger partial charge in [-0.25, -0.2) is 4.98 Å². The number of hydrogen-bond donors (Lipinski definition) is 0. The molecule has 0 radical (unpaired) electrons. The molecule has 5 heteroatoms. The van der Waals surface area contributed by atoms with E-state index in [2.05, 4.69) is 25.8 Å². The maximum Gasteiger partial charge on any atom is 0.229 e. The van der Waals surface area contributed by atoms with E-state index >= 15 is 0 Å². The lowest BCUT2D eigenvalue weighted by atomic mass is 9.96. The number of halogens is 1. The fraction of sp³-hybridized carbons (Fsp3) is 0.667. The number of carbonyl (C=O) groups excluding carboxylic acids is 1. The summed E-state index contributed by atoms with van der Waals surface area (Å²) in [6.45, 7) is 7.16. The summed E-state index contributed by atoms with van der Waals surface area (Å²) in [7, 11) is 0. The van der Waals surface area contributed by atoms with Crippen molar-refractivity contribution in [1.29, 1.82) is 0 Å². The molecule has 0 spiro atoms. The van der Waals surface area contributed by atoms with E-state index < -0.39 is 0 Å². The van der Waals surface area contributed by atoms with Crippen LogP contribution in [0.5, 0.6) is 0 Å². The topological polar surface area (TPSA) is 33.2 Å². The van der Waals surface area contributed by atoms with Crippen molar-refractivity contribution < 1.29 is 4.79 Å². The maximum atomic E-state index is 11.8. The third-order valence-corrected chi connectivity index (χ3v) is 4.77. The molecule has 1 aliphatic rings. The Morgan fingerprint density at radius 3 is 2.76 bits per heavy atom. The highest BCUT2D eigenvalue weighted by Gasteiger charge is 2.32. The Bertz CT molecular complexity index is 424. The summed E-state index contributed by atoms with van der Waals surface area (Å²) in [5, 5.41) is 0.813. The highest BCUT2D eigenvalue weighted by Crippen LogP contribution is 2.34. The average molecular weight is 273 g/mol. The number of nitrogens with zero attached hydrogens (tertiary/aromatic N) is 2. The lowest BCUT2D eigenvalue weighted by molar-refractivity contribution is -0.117. The summed E-state index contributed by atoms with van der Waals surface area (Å²) < 4.78 is 0. The standard InChI is InChI=1S/C12H17ClN2OS/c1-12(2,3)9-6-14-11(17-9)15-7-8(5-13)4-10(15)16/h6,8H,4-5,7H2,1-3H3. The van der Waals surface area contributed by atoms with Crippen molar-refractivity contribution in [2.45, 2.75) is 32.6 Å². The normalized spacial score (nSPS) is 21.3. The van der Waals surface area contributed by atoms with Crippen molar-refractivity contribution >= 4 is 34.0 Å². The zero-order valence-electron chi connectivity index (χ0n) is 10.4. The predicted molar refractivity (Wildman–Crippen MR) is 72.0 cm³/mol. The van der Waals surface area contributed by atoms with Gasteiger partial charge in [-0.3, -0.25) is 9.69 Å². The maximum absolute atomic E-state index is 11.8. The quantitative estimate of drug-likeness (QED) is 0.776. The highest BCUT2D eigenvalue weighted by atomic mass is 35.5. The Kier molecular flexibility index (Phi) is 3.46. The van der Waals surface area contributed by atoms with Gasteiger partial charge in [0, 0.05) is 29.9 Å². The molecule has 0 aliphatic carbocycles. The molecule has 2 rings (SSSR count). The monoisotopic (exact) mass is 272 g/mol. The molecule has 0 N–H and O–H groups in total. The molecule has 1 aliphatic heterocycles. The molecule has 1 aromatic heterocycles. The number of amides is 1. The number of thiazole rings is 1. The number of alkyl halides is 1. The van der Waals surface area contributed by atoms with E-state index in [1.165, 1.54) is 4.88 Å². The molecule has 3 nitrogen and oxygen atoms in total.